The van der Waals surface area contributed by atoms with Crippen molar-refractivity contribution in [3.05, 3.63) is 58.7 Å². The van der Waals surface area contributed by atoms with E-state index in [0.29, 0.717) is 22.8 Å². The summed E-state index contributed by atoms with van der Waals surface area (Å²) in [4.78, 5) is 12.1. The van der Waals surface area contributed by atoms with E-state index in [4.69, 9.17) is 4.74 Å². The molecule has 0 spiro atoms. The summed E-state index contributed by atoms with van der Waals surface area (Å²) in [7, 11) is -3.64. The van der Waals surface area contributed by atoms with E-state index >= 15 is 0 Å². The Hall–Kier alpha value is -2.74. The predicted octanol–water partition coefficient (Wildman–Crippen LogP) is 3.73. The number of fused-ring (bicyclic) bond motifs is 1. The average Bonchev–Trinajstić information content (AvgIpc) is 2.75. The van der Waals surface area contributed by atoms with Crippen LogP contribution < -0.4 is 9.46 Å². The summed E-state index contributed by atoms with van der Waals surface area (Å²) in [5.41, 5.74) is 1.38. The van der Waals surface area contributed by atoms with Gasteiger partial charge in [-0.1, -0.05) is 0 Å². The molecule has 8 heteroatoms. The maximum Gasteiger partial charge on any atom is 0.229 e. The van der Waals surface area contributed by atoms with E-state index < -0.39 is 21.7 Å². The normalized spacial score (nSPS) is 13.4. The van der Waals surface area contributed by atoms with Crippen LogP contribution in [0.3, 0.4) is 0 Å². The number of nitrogens with one attached hydrogen (secondary N) is 1. The van der Waals surface area contributed by atoms with E-state index in [1.54, 1.807) is 13.0 Å². The molecule has 0 unspecified atom stereocenters. The molecule has 0 fully saturated rings. The van der Waals surface area contributed by atoms with E-state index in [1.165, 1.54) is 12.1 Å². The Morgan fingerprint density at radius 3 is 2.44 bits per heavy atom. The van der Waals surface area contributed by atoms with Crippen LogP contribution in [0.15, 0.2) is 35.9 Å². The smallest absolute Gasteiger partial charge is 0.229 e. The Kier molecular flexibility index (Phi) is 4.08. The highest BCUT2D eigenvalue weighted by atomic mass is 32.2. The van der Waals surface area contributed by atoms with Gasteiger partial charge in [0.2, 0.25) is 10.0 Å². The lowest BCUT2D eigenvalue weighted by Gasteiger charge is -2.14. The van der Waals surface area contributed by atoms with Crippen LogP contribution in [0.4, 0.5) is 14.5 Å². The number of allylic oxidation sites excluding steroid dienone is 1. The highest BCUT2D eigenvalue weighted by Crippen LogP contribution is 2.38. The van der Waals surface area contributed by atoms with Gasteiger partial charge >= 0.3 is 0 Å². The van der Waals surface area contributed by atoms with Gasteiger partial charge in [0.25, 0.3) is 0 Å². The Morgan fingerprint density at radius 2 is 1.80 bits per heavy atom. The summed E-state index contributed by atoms with van der Waals surface area (Å²) in [6, 6.07) is 5.49. The summed E-state index contributed by atoms with van der Waals surface area (Å²) in [5, 5.41) is 0. The van der Waals surface area contributed by atoms with Gasteiger partial charge in [0, 0.05) is 11.6 Å². The third-order valence-electron chi connectivity index (χ3n) is 3.54. The van der Waals surface area contributed by atoms with Gasteiger partial charge in [0.15, 0.2) is 23.1 Å². The summed E-state index contributed by atoms with van der Waals surface area (Å²) in [5.74, 6) is -2.32. The lowest BCUT2D eigenvalue weighted by molar-refractivity contribution is 0.103. The summed E-state index contributed by atoms with van der Waals surface area (Å²) < 4.78 is 57.7. The lowest BCUT2D eigenvalue weighted by Crippen LogP contribution is -2.11. The van der Waals surface area contributed by atoms with E-state index in [9.17, 15) is 22.0 Å². The van der Waals surface area contributed by atoms with Gasteiger partial charge in [-0.25, -0.2) is 17.2 Å². The first kappa shape index (κ1) is 17.1. The van der Waals surface area contributed by atoms with Crippen LogP contribution >= 0.6 is 0 Å². The fourth-order valence-electron chi connectivity index (χ4n) is 2.46. The average molecular weight is 365 g/mol. The van der Waals surface area contributed by atoms with Crippen LogP contribution in [-0.2, 0) is 10.0 Å². The summed E-state index contributed by atoms with van der Waals surface area (Å²) in [6.45, 7) is 1.63. The number of halogens is 2. The molecule has 0 aromatic heterocycles. The van der Waals surface area contributed by atoms with E-state index in [2.05, 4.69) is 4.72 Å². The van der Waals surface area contributed by atoms with Crippen molar-refractivity contribution in [3.8, 4) is 11.5 Å². The van der Waals surface area contributed by atoms with Crippen molar-refractivity contribution < 1.29 is 26.7 Å². The fourth-order valence-corrected chi connectivity index (χ4v) is 3.02. The molecule has 5 nitrogen and oxygen atoms in total. The zero-order chi connectivity index (χ0) is 18.4. The molecule has 0 atom stereocenters. The largest absolute Gasteiger partial charge is 0.452 e. The Balaban J connectivity index is 2.10. The second kappa shape index (κ2) is 5.96. The highest BCUT2D eigenvalue weighted by Gasteiger charge is 2.23. The van der Waals surface area contributed by atoms with Crippen molar-refractivity contribution in [1.29, 1.82) is 0 Å². The van der Waals surface area contributed by atoms with Crippen molar-refractivity contribution in [2.24, 2.45) is 0 Å². The number of hydrogen-bond donors (Lipinski definition) is 1. The molecule has 0 aliphatic heterocycles. The van der Waals surface area contributed by atoms with Gasteiger partial charge < -0.3 is 4.74 Å². The number of hydrogen-bond acceptors (Lipinski definition) is 4. The third kappa shape index (κ3) is 3.53. The molecular weight excluding hydrogens is 352 g/mol. The van der Waals surface area contributed by atoms with Gasteiger partial charge in [-0.15, -0.1) is 0 Å². The quantitative estimate of drug-likeness (QED) is 0.896. The number of ketones is 1. The number of benzene rings is 2. The van der Waals surface area contributed by atoms with Crippen molar-refractivity contribution in [3.63, 3.8) is 0 Å². The van der Waals surface area contributed by atoms with Crippen molar-refractivity contribution >= 4 is 27.6 Å². The molecule has 0 saturated heterocycles. The Morgan fingerprint density at radius 1 is 1.08 bits per heavy atom. The second-order valence-electron chi connectivity index (χ2n) is 5.64. The Labute approximate surface area is 143 Å². The fraction of sp³-hybridized carbons (Fsp3) is 0.118. The van der Waals surface area contributed by atoms with E-state index in [-0.39, 0.29) is 23.0 Å². The maximum absolute atomic E-state index is 13.8. The molecule has 1 aliphatic rings. The molecular formula is C17H13F2NO4S. The van der Waals surface area contributed by atoms with Gasteiger partial charge in [-0.2, -0.15) is 0 Å². The molecule has 130 valence electrons. The maximum atomic E-state index is 13.8. The number of carbonyl (C=O) groups is 1. The third-order valence-corrected chi connectivity index (χ3v) is 4.13. The van der Waals surface area contributed by atoms with Crippen molar-refractivity contribution in [1.82, 2.24) is 0 Å². The number of carbonyl (C=O) groups excluding carboxylic acids is 1. The molecule has 2 aromatic carbocycles. The second-order valence-corrected chi connectivity index (χ2v) is 7.39. The van der Waals surface area contributed by atoms with Crippen LogP contribution in [0, 0.1) is 11.6 Å². The van der Waals surface area contributed by atoms with Gasteiger partial charge in [0.1, 0.15) is 5.82 Å². The minimum absolute atomic E-state index is 0.0451. The van der Waals surface area contributed by atoms with Gasteiger partial charge in [-0.3, -0.25) is 9.52 Å². The van der Waals surface area contributed by atoms with Gasteiger partial charge in [-0.05, 0) is 48.4 Å². The number of rotatable bonds is 4. The first-order chi connectivity index (χ1) is 11.6. The molecule has 0 bridgehead atoms. The first-order valence-corrected chi connectivity index (χ1v) is 9.05. The molecule has 1 aliphatic carbocycles. The number of sulfonamides is 1. The lowest BCUT2D eigenvalue weighted by atomic mass is 10.1. The molecule has 25 heavy (non-hydrogen) atoms. The summed E-state index contributed by atoms with van der Waals surface area (Å²) >= 11 is 0. The molecule has 0 saturated carbocycles. The van der Waals surface area contributed by atoms with Crippen LogP contribution in [0.25, 0.3) is 6.08 Å². The molecule has 1 N–H and O–H groups in total. The minimum Gasteiger partial charge on any atom is -0.452 e. The topological polar surface area (TPSA) is 72.5 Å². The van der Waals surface area contributed by atoms with Crippen molar-refractivity contribution in [2.45, 2.75) is 6.92 Å². The van der Waals surface area contributed by atoms with Gasteiger partial charge in [0.05, 0.1) is 11.9 Å². The molecule has 0 amide bonds. The molecule has 0 heterocycles. The number of ether oxygens (including phenoxy) is 1. The zero-order valence-electron chi connectivity index (χ0n) is 13.3. The zero-order valence-corrected chi connectivity index (χ0v) is 14.1. The van der Waals surface area contributed by atoms with Crippen LogP contribution in [0.5, 0.6) is 11.5 Å². The molecule has 2 aromatic rings. The monoisotopic (exact) mass is 365 g/mol. The van der Waals surface area contributed by atoms with Crippen molar-refractivity contribution in [2.75, 3.05) is 11.0 Å². The molecule has 0 radical (unpaired) electrons. The number of anilines is 1. The summed E-state index contributed by atoms with van der Waals surface area (Å²) in [6.07, 6.45) is 2.57. The standard InChI is InChI=1S/C17H13F2NO4S/c1-9-5-10-6-14(20-25(2,22)23)16(8-12(10)17(9)21)24-15-4-3-11(18)7-13(15)19/h3-8,20H,1-2H3. The minimum atomic E-state index is -3.64. The van der Waals surface area contributed by atoms with E-state index in [1.807, 2.05) is 0 Å². The van der Waals surface area contributed by atoms with Crippen LogP contribution in [0.2, 0.25) is 0 Å². The SMILES string of the molecule is CC1=Cc2cc(NS(C)(=O)=O)c(Oc3ccc(F)cc3F)cc2C1=O. The highest BCUT2D eigenvalue weighted by molar-refractivity contribution is 7.92. The Bertz CT molecular complexity index is 1030. The van der Waals surface area contributed by atoms with E-state index in [0.717, 1.165) is 18.4 Å². The first-order valence-electron chi connectivity index (χ1n) is 7.16. The molecule has 3 rings (SSSR count). The number of Topliss-reactive ketones (excluding diaryl/α,β-unsaturated/α-hetero) is 1. The predicted molar refractivity (Wildman–Crippen MR) is 89.3 cm³/mol. The van der Waals surface area contributed by atoms with Crippen LogP contribution in [-0.4, -0.2) is 20.5 Å². The van der Waals surface area contributed by atoms with Crippen LogP contribution in [0.1, 0.15) is 22.8 Å².